The van der Waals surface area contributed by atoms with Gasteiger partial charge in [0.25, 0.3) is 11.6 Å². The molecule has 1 saturated heterocycles. The second kappa shape index (κ2) is 6.82. The Morgan fingerprint density at radius 2 is 2.04 bits per heavy atom. The first kappa shape index (κ1) is 18.3. The molecule has 2 aliphatic rings. The molecule has 2 fully saturated rings. The summed E-state index contributed by atoms with van der Waals surface area (Å²) in [6.45, 7) is 3.95. The smallest absolute Gasteiger partial charge is 0.329 e. The highest BCUT2D eigenvalue weighted by atomic mass is 32.2. The number of thioether (sulfide) groups is 1. The van der Waals surface area contributed by atoms with Crippen LogP contribution in [0.5, 0.6) is 0 Å². The van der Waals surface area contributed by atoms with Crippen LogP contribution in [-0.2, 0) is 4.79 Å². The maximum atomic E-state index is 13.2. The molecule has 1 aliphatic carbocycles. The molecule has 0 bridgehead atoms. The minimum atomic E-state index is -1.22. The second-order valence-electron chi connectivity index (χ2n) is 7.73. The van der Waals surface area contributed by atoms with Gasteiger partial charge in [-0.3, -0.25) is 4.79 Å². The highest BCUT2D eigenvalue weighted by Crippen LogP contribution is 2.41. The van der Waals surface area contributed by atoms with Gasteiger partial charge < -0.3 is 14.9 Å². The van der Waals surface area contributed by atoms with E-state index in [2.05, 4.69) is 15.5 Å². The van der Waals surface area contributed by atoms with Crippen molar-refractivity contribution in [2.45, 2.75) is 56.9 Å². The number of amides is 1. The summed E-state index contributed by atoms with van der Waals surface area (Å²) in [6, 6.07) is 1.80. The van der Waals surface area contributed by atoms with Gasteiger partial charge in [-0.05, 0) is 49.2 Å². The molecule has 0 unspecified atom stereocenters. The Kier molecular flexibility index (Phi) is 4.61. The molecule has 0 aromatic carbocycles. The third-order valence-electron chi connectivity index (χ3n) is 5.39. The summed E-state index contributed by atoms with van der Waals surface area (Å²) >= 11 is 1.71. The Balaban J connectivity index is 1.77. The number of rotatable bonds is 5. The summed E-state index contributed by atoms with van der Waals surface area (Å²) in [6.07, 6.45) is 2.92. The topological polar surface area (TPSA) is 105 Å². The molecule has 144 valence electrons. The van der Waals surface area contributed by atoms with E-state index in [1.807, 2.05) is 13.8 Å². The summed E-state index contributed by atoms with van der Waals surface area (Å²) < 4.78 is 5.42. The number of nitrogens with zero attached hydrogens (tertiary/aromatic N) is 2. The zero-order valence-electron chi connectivity index (χ0n) is 15.4. The highest BCUT2D eigenvalue weighted by molar-refractivity contribution is 7.99. The Labute approximate surface area is 161 Å². The lowest BCUT2D eigenvalue weighted by Gasteiger charge is -2.33. The molecule has 1 amide bonds. The van der Waals surface area contributed by atoms with Crippen molar-refractivity contribution in [1.29, 1.82) is 0 Å². The monoisotopic (exact) mass is 389 g/mol. The van der Waals surface area contributed by atoms with Crippen molar-refractivity contribution in [1.82, 2.24) is 15.5 Å². The molecule has 0 spiro atoms. The quantitative estimate of drug-likeness (QED) is 0.808. The maximum absolute atomic E-state index is 13.2. The van der Waals surface area contributed by atoms with Crippen molar-refractivity contribution in [2.24, 2.45) is 0 Å². The van der Waals surface area contributed by atoms with Crippen LogP contribution in [0.1, 0.15) is 73.1 Å². The zero-order valence-corrected chi connectivity index (χ0v) is 16.3. The molecule has 8 heteroatoms. The molecule has 0 atom stereocenters. The first-order valence-electron chi connectivity index (χ1n) is 9.35. The van der Waals surface area contributed by atoms with Gasteiger partial charge >= 0.3 is 5.97 Å². The highest BCUT2D eigenvalue weighted by Gasteiger charge is 2.42. The Hall–Kier alpha value is -2.09. The molecule has 1 aliphatic heterocycles. The average Bonchev–Trinajstić information content (AvgIpc) is 3.40. The molecule has 3 heterocycles. The van der Waals surface area contributed by atoms with E-state index in [9.17, 15) is 14.7 Å². The van der Waals surface area contributed by atoms with Crippen LogP contribution >= 0.6 is 11.8 Å². The lowest BCUT2D eigenvalue weighted by Crippen LogP contribution is -2.56. The standard InChI is InChI=1S/C19H23N3O4S/c1-10(2)15-14-12(9-13(11-3-4-11)20-17(14)26-22-15)16(23)21-19(18(24)25)5-7-27-8-6-19/h9-11H,3-8H2,1-2H3,(H,21,23)(H,24,25). The Morgan fingerprint density at radius 3 is 2.63 bits per heavy atom. The van der Waals surface area contributed by atoms with Gasteiger partial charge in [-0.2, -0.15) is 11.8 Å². The summed E-state index contributed by atoms with van der Waals surface area (Å²) in [4.78, 5) is 29.7. The normalized spacial score (nSPS) is 19.4. The van der Waals surface area contributed by atoms with Crippen molar-refractivity contribution in [3.05, 3.63) is 23.0 Å². The summed E-state index contributed by atoms with van der Waals surface area (Å²) in [7, 11) is 0. The number of aromatic nitrogens is 2. The van der Waals surface area contributed by atoms with Crippen LogP contribution in [0.15, 0.2) is 10.6 Å². The van der Waals surface area contributed by atoms with Gasteiger partial charge in [0, 0.05) is 11.6 Å². The number of hydrogen-bond donors (Lipinski definition) is 2. The molecular formula is C19H23N3O4S. The van der Waals surface area contributed by atoms with Crippen molar-refractivity contribution >= 4 is 34.7 Å². The van der Waals surface area contributed by atoms with Gasteiger partial charge in [-0.15, -0.1) is 0 Å². The molecule has 27 heavy (non-hydrogen) atoms. The Bertz CT molecular complexity index is 898. The van der Waals surface area contributed by atoms with Crippen LogP contribution < -0.4 is 5.32 Å². The first-order chi connectivity index (χ1) is 12.9. The first-order valence-corrected chi connectivity index (χ1v) is 10.5. The van der Waals surface area contributed by atoms with Gasteiger partial charge in [-0.1, -0.05) is 19.0 Å². The van der Waals surface area contributed by atoms with E-state index in [1.54, 1.807) is 17.8 Å². The fourth-order valence-corrected chi connectivity index (χ4v) is 4.74. The molecule has 2 N–H and O–H groups in total. The maximum Gasteiger partial charge on any atom is 0.329 e. The number of hydrogen-bond acceptors (Lipinski definition) is 6. The van der Waals surface area contributed by atoms with Crippen LogP contribution in [0.4, 0.5) is 0 Å². The number of carboxylic acids is 1. The predicted octanol–water partition coefficient (Wildman–Crippen LogP) is 3.30. The van der Waals surface area contributed by atoms with Crippen molar-refractivity contribution in [2.75, 3.05) is 11.5 Å². The molecule has 1 saturated carbocycles. The molecular weight excluding hydrogens is 366 g/mol. The van der Waals surface area contributed by atoms with E-state index >= 15 is 0 Å². The number of carbonyl (C=O) groups is 2. The van der Waals surface area contributed by atoms with Gasteiger partial charge in [-0.25, -0.2) is 9.78 Å². The lowest BCUT2D eigenvalue weighted by molar-refractivity contribution is -0.144. The van der Waals surface area contributed by atoms with Crippen molar-refractivity contribution in [3.63, 3.8) is 0 Å². The summed E-state index contributed by atoms with van der Waals surface area (Å²) in [5.74, 6) is 0.479. The molecule has 7 nitrogen and oxygen atoms in total. The van der Waals surface area contributed by atoms with Crippen molar-refractivity contribution in [3.8, 4) is 0 Å². The fraction of sp³-hybridized carbons (Fsp3) is 0.579. The van der Waals surface area contributed by atoms with E-state index in [4.69, 9.17) is 4.52 Å². The molecule has 2 aromatic heterocycles. The van der Waals surface area contributed by atoms with Crippen molar-refractivity contribution < 1.29 is 19.2 Å². The fourth-order valence-electron chi connectivity index (χ4n) is 3.55. The van der Waals surface area contributed by atoms with Crippen LogP contribution in [0.2, 0.25) is 0 Å². The second-order valence-corrected chi connectivity index (χ2v) is 8.95. The number of carboxylic acid groups (broad SMARTS) is 1. The number of pyridine rings is 1. The van der Waals surface area contributed by atoms with Crippen LogP contribution in [0.3, 0.4) is 0 Å². The Morgan fingerprint density at radius 1 is 1.33 bits per heavy atom. The minimum absolute atomic E-state index is 0.0610. The van der Waals surface area contributed by atoms with E-state index < -0.39 is 11.5 Å². The van der Waals surface area contributed by atoms with E-state index in [-0.39, 0.29) is 11.8 Å². The number of carbonyl (C=O) groups excluding carboxylic acids is 1. The van der Waals surface area contributed by atoms with Crippen LogP contribution in [-0.4, -0.2) is 44.2 Å². The third kappa shape index (κ3) is 3.31. The van der Waals surface area contributed by atoms with E-state index in [1.165, 1.54) is 0 Å². The minimum Gasteiger partial charge on any atom is -0.480 e. The van der Waals surface area contributed by atoms with E-state index in [0.29, 0.717) is 41.1 Å². The van der Waals surface area contributed by atoms with Crippen LogP contribution in [0.25, 0.3) is 11.1 Å². The number of aliphatic carboxylic acids is 1. The third-order valence-corrected chi connectivity index (χ3v) is 6.37. The van der Waals surface area contributed by atoms with Gasteiger partial charge in [0.1, 0.15) is 5.54 Å². The summed E-state index contributed by atoms with van der Waals surface area (Å²) in [5.41, 5.74) is 1.06. The summed E-state index contributed by atoms with van der Waals surface area (Å²) in [5, 5.41) is 17.3. The van der Waals surface area contributed by atoms with Gasteiger partial charge in [0.2, 0.25) is 0 Å². The largest absolute Gasteiger partial charge is 0.480 e. The lowest BCUT2D eigenvalue weighted by atomic mass is 9.91. The molecule has 4 rings (SSSR count). The molecule has 2 aromatic rings. The van der Waals surface area contributed by atoms with E-state index in [0.717, 1.165) is 30.0 Å². The SMILES string of the molecule is CC(C)c1noc2nc(C3CC3)cc(C(=O)NC3(C(=O)O)CCSCC3)c12. The van der Waals surface area contributed by atoms with Gasteiger partial charge in [0.15, 0.2) is 0 Å². The number of fused-ring (bicyclic) bond motifs is 1. The van der Waals surface area contributed by atoms with Gasteiger partial charge in [0.05, 0.1) is 16.6 Å². The predicted molar refractivity (Wildman–Crippen MR) is 102 cm³/mol. The zero-order chi connectivity index (χ0) is 19.2. The number of nitrogens with one attached hydrogen (secondary N) is 1. The average molecular weight is 389 g/mol. The molecule has 0 radical (unpaired) electrons. The van der Waals surface area contributed by atoms with Crippen LogP contribution in [0, 0.1) is 0 Å².